The van der Waals surface area contributed by atoms with Crippen molar-refractivity contribution in [3.8, 4) is 11.1 Å². The highest BCUT2D eigenvalue weighted by molar-refractivity contribution is 5.76. The largest absolute Gasteiger partial charge is 0.257 e. The number of aromatic nitrogens is 1. The highest BCUT2D eigenvalue weighted by Gasteiger charge is 2.43. The molecular formula is C37H45N. The predicted molar refractivity (Wildman–Crippen MR) is 160 cm³/mol. The van der Waals surface area contributed by atoms with E-state index in [0.29, 0.717) is 5.92 Å². The predicted octanol–water partition coefficient (Wildman–Crippen LogP) is 10.4. The molecule has 0 aliphatic heterocycles. The van der Waals surface area contributed by atoms with Crippen molar-refractivity contribution in [2.45, 2.75) is 103 Å². The molecule has 2 unspecified atom stereocenters. The van der Waals surface area contributed by atoms with Gasteiger partial charge in [0.25, 0.3) is 0 Å². The molecule has 1 nitrogen and oxygen atoms in total. The molecule has 1 aromatic heterocycles. The quantitative estimate of drug-likeness (QED) is 0.357. The fourth-order valence-electron chi connectivity index (χ4n) is 9.02. The minimum absolute atomic E-state index is 0.153. The molecule has 2 fully saturated rings. The Bertz CT molecular complexity index is 1310. The average molecular weight is 504 g/mol. The Morgan fingerprint density at radius 3 is 2.24 bits per heavy atom. The third-order valence-electron chi connectivity index (χ3n) is 11.5. The van der Waals surface area contributed by atoms with E-state index in [0.717, 1.165) is 36.5 Å². The minimum atomic E-state index is 0.153. The van der Waals surface area contributed by atoms with Crippen LogP contribution in [0.4, 0.5) is 0 Å². The summed E-state index contributed by atoms with van der Waals surface area (Å²) in [5.41, 5.74) is 12.4. The van der Waals surface area contributed by atoms with Crippen molar-refractivity contribution in [3.05, 3.63) is 82.7 Å². The van der Waals surface area contributed by atoms with Gasteiger partial charge in [-0.1, -0.05) is 62.8 Å². The van der Waals surface area contributed by atoms with Gasteiger partial charge in [0.2, 0.25) is 0 Å². The zero-order valence-corrected chi connectivity index (χ0v) is 23.8. The lowest BCUT2D eigenvalue weighted by Gasteiger charge is -2.47. The average Bonchev–Trinajstić information content (AvgIpc) is 3.00. The maximum atomic E-state index is 5.08. The SMILES string of the molecule is CCC=CC(C)(CC)C1CC2=C(C=C1c1cc(-c3ccc4c(c3)C3CCC4CC3)ccn1)C1CCC2CC1. The number of fused-ring (bicyclic) bond motifs is 4. The molecule has 0 radical (unpaired) electrons. The molecular weight excluding hydrogens is 458 g/mol. The molecule has 1 heteroatoms. The molecule has 7 aliphatic carbocycles. The van der Waals surface area contributed by atoms with E-state index >= 15 is 0 Å². The molecule has 198 valence electrons. The number of nitrogens with zero attached hydrogens (tertiary/aromatic N) is 1. The maximum Gasteiger partial charge on any atom is 0.0671 e. The lowest BCUT2D eigenvalue weighted by Crippen LogP contribution is -2.34. The number of hydrogen-bond acceptors (Lipinski definition) is 1. The third kappa shape index (κ3) is 3.99. The molecule has 2 aromatic rings. The minimum Gasteiger partial charge on any atom is -0.257 e. The van der Waals surface area contributed by atoms with Crippen molar-refractivity contribution in [2.75, 3.05) is 0 Å². The van der Waals surface area contributed by atoms with Gasteiger partial charge in [0.1, 0.15) is 0 Å². The van der Waals surface area contributed by atoms with Gasteiger partial charge in [0, 0.05) is 6.20 Å². The summed E-state index contributed by atoms with van der Waals surface area (Å²) < 4.78 is 0. The van der Waals surface area contributed by atoms with Gasteiger partial charge in [-0.2, -0.15) is 0 Å². The van der Waals surface area contributed by atoms with Crippen LogP contribution in [0.5, 0.6) is 0 Å². The van der Waals surface area contributed by atoms with E-state index in [4.69, 9.17) is 4.98 Å². The first-order valence-electron chi connectivity index (χ1n) is 15.8. The second-order valence-electron chi connectivity index (χ2n) is 13.4. The van der Waals surface area contributed by atoms with Crippen LogP contribution in [0.2, 0.25) is 0 Å². The van der Waals surface area contributed by atoms with Crippen LogP contribution in [0.1, 0.15) is 120 Å². The Hall–Kier alpha value is -2.41. The van der Waals surface area contributed by atoms with E-state index in [9.17, 15) is 0 Å². The van der Waals surface area contributed by atoms with Gasteiger partial charge in [0.05, 0.1) is 5.69 Å². The summed E-state index contributed by atoms with van der Waals surface area (Å²) in [5, 5.41) is 0. The van der Waals surface area contributed by atoms with E-state index in [1.54, 1.807) is 16.7 Å². The zero-order valence-electron chi connectivity index (χ0n) is 23.8. The Kier molecular flexibility index (Phi) is 6.25. The van der Waals surface area contributed by atoms with Gasteiger partial charge in [-0.3, -0.25) is 4.98 Å². The van der Waals surface area contributed by atoms with Crippen LogP contribution in [0.3, 0.4) is 0 Å². The molecule has 0 amide bonds. The number of hydrogen-bond donors (Lipinski definition) is 0. The second-order valence-corrected chi connectivity index (χ2v) is 13.4. The Morgan fingerprint density at radius 1 is 0.816 bits per heavy atom. The number of benzene rings is 1. The second kappa shape index (κ2) is 9.65. The summed E-state index contributed by atoms with van der Waals surface area (Å²) in [6, 6.07) is 12.1. The van der Waals surface area contributed by atoms with Crippen LogP contribution >= 0.6 is 0 Å². The molecule has 2 saturated carbocycles. The highest BCUT2D eigenvalue weighted by atomic mass is 14.7. The zero-order chi connectivity index (χ0) is 25.9. The lowest BCUT2D eigenvalue weighted by molar-refractivity contribution is 0.250. The molecule has 1 heterocycles. The molecule has 7 aliphatic rings. The first-order chi connectivity index (χ1) is 18.6. The van der Waals surface area contributed by atoms with Gasteiger partial charge >= 0.3 is 0 Å². The number of rotatable bonds is 6. The van der Waals surface area contributed by atoms with Crippen LogP contribution in [0.15, 0.2) is 65.9 Å². The van der Waals surface area contributed by atoms with Crippen molar-refractivity contribution in [2.24, 2.45) is 23.2 Å². The summed E-state index contributed by atoms with van der Waals surface area (Å²) >= 11 is 0. The summed E-state index contributed by atoms with van der Waals surface area (Å²) in [7, 11) is 0. The van der Waals surface area contributed by atoms with Crippen molar-refractivity contribution >= 4 is 5.57 Å². The van der Waals surface area contributed by atoms with Crippen LogP contribution in [0, 0.1) is 23.2 Å². The van der Waals surface area contributed by atoms with E-state index in [1.807, 2.05) is 5.57 Å². The smallest absolute Gasteiger partial charge is 0.0671 e. The molecule has 38 heavy (non-hydrogen) atoms. The van der Waals surface area contributed by atoms with Crippen molar-refractivity contribution < 1.29 is 0 Å². The summed E-state index contributed by atoms with van der Waals surface area (Å²) in [5.74, 6) is 3.70. The first kappa shape index (κ1) is 24.6. The van der Waals surface area contributed by atoms with E-state index < -0.39 is 0 Å². The maximum absolute atomic E-state index is 5.08. The van der Waals surface area contributed by atoms with Gasteiger partial charge in [-0.25, -0.2) is 0 Å². The van der Waals surface area contributed by atoms with Crippen molar-refractivity contribution in [1.82, 2.24) is 4.98 Å². The standard InChI is InChI=1S/C37H45N/c1-4-6-18-37(3,5-2)35-23-33-27-13-11-26(12-14-27)32(33)22-34(35)36-21-29(17-19-38-36)28-15-16-30-24-7-9-25(10-8-24)31(30)20-28/h6,15-22,24-27,35H,4-5,7-14,23H2,1-3H3. The van der Waals surface area contributed by atoms with Crippen LogP contribution < -0.4 is 0 Å². The number of pyridine rings is 1. The normalized spacial score (nSPS) is 31.2. The fourth-order valence-corrected chi connectivity index (χ4v) is 9.02. The molecule has 4 bridgehead atoms. The van der Waals surface area contributed by atoms with E-state index in [2.05, 4.69) is 75.5 Å². The van der Waals surface area contributed by atoms with Crippen LogP contribution in [0.25, 0.3) is 16.7 Å². The topological polar surface area (TPSA) is 12.9 Å². The first-order valence-corrected chi connectivity index (χ1v) is 15.8. The summed E-state index contributed by atoms with van der Waals surface area (Å²) in [4.78, 5) is 5.08. The lowest BCUT2D eigenvalue weighted by atomic mass is 9.58. The van der Waals surface area contributed by atoms with Gasteiger partial charge < -0.3 is 0 Å². The van der Waals surface area contributed by atoms with Crippen LogP contribution in [-0.4, -0.2) is 4.98 Å². The molecule has 9 rings (SSSR count). The molecule has 0 spiro atoms. The van der Waals surface area contributed by atoms with Gasteiger partial charge in [-0.15, -0.1) is 0 Å². The molecule has 0 N–H and O–H groups in total. The van der Waals surface area contributed by atoms with Gasteiger partial charge in [-0.05, 0) is 151 Å². The summed E-state index contributed by atoms with van der Waals surface area (Å²) in [6.45, 7) is 7.16. The number of allylic oxidation sites excluding steroid dienone is 6. The van der Waals surface area contributed by atoms with Crippen molar-refractivity contribution in [3.63, 3.8) is 0 Å². The van der Waals surface area contributed by atoms with Gasteiger partial charge in [0.15, 0.2) is 0 Å². The summed E-state index contributed by atoms with van der Waals surface area (Å²) in [6.07, 6.45) is 24.4. The third-order valence-corrected chi connectivity index (χ3v) is 11.5. The Balaban J connectivity index is 1.31. The molecule has 1 aromatic carbocycles. The Morgan fingerprint density at radius 2 is 1.50 bits per heavy atom. The fraction of sp³-hybridized carbons (Fsp3) is 0.541. The van der Waals surface area contributed by atoms with Crippen molar-refractivity contribution in [1.29, 1.82) is 0 Å². The molecule has 2 atom stereocenters. The van der Waals surface area contributed by atoms with Crippen LogP contribution in [-0.2, 0) is 0 Å². The Labute approximate surface area is 230 Å². The van der Waals surface area contributed by atoms with E-state index in [-0.39, 0.29) is 5.41 Å². The highest BCUT2D eigenvalue weighted by Crippen LogP contribution is 2.56. The molecule has 0 saturated heterocycles. The monoisotopic (exact) mass is 503 g/mol. The van der Waals surface area contributed by atoms with E-state index in [1.165, 1.54) is 80.2 Å².